The maximum Gasteiger partial charge on any atom is 0.263 e. The molecule has 0 radical (unpaired) electrons. The number of aryl methyl sites for hydroxylation is 1. The zero-order valence-electron chi connectivity index (χ0n) is 14.0. The molecular weight excluding hydrogens is 339 g/mol. The van der Waals surface area contributed by atoms with Crippen LogP contribution in [-0.2, 0) is 11.2 Å². The SMILES string of the molecule is O=C(CCc1cccc(F)c1)N1CCCN(C(=O)c2cccs2)CC1. The standard InChI is InChI=1S/C19H21FN2O2S/c20-16-5-1-4-15(14-16)7-8-18(23)21-9-3-10-22(12-11-21)19(24)17-6-2-13-25-17/h1-2,4-6,13-14H,3,7-12H2. The molecule has 0 aliphatic carbocycles. The van der Waals surface area contributed by atoms with E-state index in [1.807, 2.05) is 33.4 Å². The molecule has 1 aliphatic rings. The second-order valence-corrected chi connectivity index (χ2v) is 7.08. The summed E-state index contributed by atoms with van der Waals surface area (Å²) < 4.78 is 13.2. The van der Waals surface area contributed by atoms with Crippen LogP contribution in [0.1, 0.15) is 28.1 Å². The van der Waals surface area contributed by atoms with Crippen molar-refractivity contribution >= 4 is 23.2 Å². The molecule has 0 bridgehead atoms. The Hall–Kier alpha value is -2.21. The minimum atomic E-state index is -0.276. The molecule has 6 heteroatoms. The molecule has 1 aromatic carbocycles. The molecule has 4 nitrogen and oxygen atoms in total. The van der Waals surface area contributed by atoms with Gasteiger partial charge in [0.2, 0.25) is 5.91 Å². The van der Waals surface area contributed by atoms with Crippen molar-refractivity contribution in [2.75, 3.05) is 26.2 Å². The molecule has 0 atom stereocenters. The van der Waals surface area contributed by atoms with E-state index in [2.05, 4.69) is 0 Å². The molecule has 2 aromatic rings. The lowest BCUT2D eigenvalue weighted by atomic mass is 10.1. The van der Waals surface area contributed by atoms with Crippen molar-refractivity contribution in [3.8, 4) is 0 Å². The van der Waals surface area contributed by atoms with E-state index in [0.29, 0.717) is 39.0 Å². The Morgan fingerprint density at radius 2 is 1.84 bits per heavy atom. The first-order valence-electron chi connectivity index (χ1n) is 8.48. The summed E-state index contributed by atoms with van der Waals surface area (Å²) in [6.45, 7) is 2.45. The summed E-state index contributed by atoms with van der Waals surface area (Å²) in [6, 6.07) is 10.1. The molecule has 132 valence electrons. The predicted molar refractivity (Wildman–Crippen MR) is 96.1 cm³/mol. The van der Waals surface area contributed by atoms with E-state index in [0.717, 1.165) is 16.9 Å². The van der Waals surface area contributed by atoms with Gasteiger partial charge in [0, 0.05) is 32.6 Å². The van der Waals surface area contributed by atoms with Gasteiger partial charge in [-0.3, -0.25) is 9.59 Å². The fourth-order valence-corrected chi connectivity index (χ4v) is 3.72. The number of amides is 2. The van der Waals surface area contributed by atoms with Crippen LogP contribution in [-0.4, -0.2) is 47.8 Å². The molecule has 2 heterocycles. The van der Waals surface area contributed by atoms with Gasteiger partial charge in [-0.25, -0.2) is 4.39 Å². The number of benzene rings is 1. The molecular formula is C19H21FN2O2S. The van der Waals surface area contributed by atoms with Crippen LogP contribution in [0.3, 0.4) is 0 Å². The third-order valence-corrected chi connectivity index (χ3v) is 5.24. The Labute approximate surface area is 150 Å². The van der Waals surface area contributed by atoms with Gasteiger partial charge in [-0.05, 0) is 42.0 Å². The topological polar surface area (TPSA) is 40.6 Å². The van der Waals surface area contributed by atoms with E-state index in [1.54, 1.807) is 6.07 Å². The monoisotopic (exact) mass is 360 g/mol. The first kappa shape index (κ1) is 17.6. The lowest BCUT2D eigenvalue weighted by Gasteiger charge is -2.22. The number of halogens is 1. The van der Waals surface area contributed by atoms with Crippen LogP contribution < -0.4 is 0 Å². The minimum absolute atomic E-state index is 0.0454. The van der Waals surface area contributed by atoms with Gasteiger partial charge in [0.05, 0.1) is 4.88 Å². The molecule has 1 aromatic heterocycles. The maximum absolute atomic E-state index is 13.2. The Morgan fingerprint density at radius 1 is 1.04 bits per heavy atom. The van der Waals surface area contributed by atoms with E-state index in [1.165, 1.54) is 23.5 Å². The highest BCUT2D eigenvalue weighted by atomic mass is 32.1. The second kappa shape index (κ2) is 8.25. The normalized spacial score (nSPS) is 15.1. The van der Waals surface area contributed by atoms with Crippen molar-refractivity contribution in [2.24, 2.45) is 0 Å². The minimum Gasteiger partial charge on any atom is -0.341 e. The van der Waals surface area contributed by atoms with Crippen LogP contribution in [0.4, 0.5) is 4.39 Å². The van der Waals surface area contributed by atoms with Gasteiger partial charge in [0.25, 0.3) is 5.91 Å². The molecule has 25 heavy (non-hydrogen) atoms. The van der Waals surface area contributed by atoms with Crippen LogP contribution in [0.25, 0.3) is 0 Å². The fraction of sp³-hybridized carbons (Fsp3) is 0.368. The molecule has 1 saturated heterocycles. The van der Waals surface area contributed by atoms with Crippen LogP contribution in [0.15, 0.2) is 41.8 Å². The van der Waals surface area contributed by atoms with Crippen LogP contribution in [0.5, 0.6) is 0 Å². The summed E-state index contributed by atoms with van der Waals surface area (Å²) >= 11 is 1.44. The molecule has 1 fully saturated rings. The van der Waals surface area contributed by atoms with Crippen molar-refractivity contribution in [3.05, 3.63) is 58.0 Å². The number of thiophene rings is 1. The molecule has 0 saturated carbocycles. The molecule has 0 unspecified atom stereocenters. The summed E-state index contributed by atoms with van der Waals surface area (Å²) in [7, 11) is 0. The number of hydrogen-bond acceptors (Lipinski definition) is 3. The Bertz CT molecular complexity index is 733. The smallest absolute Gasteiger partial charge is 0.263 e. The molecule has 0 N–H and O–H groups in total. The molecule has 3 rings (SSSR count). The number of carbonyl (C=O) groups is 2. The van der Waals surface area contributed by atoms with Gasteiger partial charge in [-0.1, -0.05) is 18.2 Å². The van der Waals surface area contributed by atoms with Gasteiger partial charge in [0.1, 0.15) is 5.82 Å². The van der Waals surface area contributed by atoms with Crippen molar-refractivity contribution < 1.29 is 14.0 Å². The van der Waals surface area contributed by atoms with E-state index in [-0.39, 0.29) is 17.6 Å². The molecule has 0 spiro atoms. The summed E-state index contributed by atoms with van der Waals surface area (Å²) in [5, 5.41) is 1.90. The third kappa shape index (κ3) is 4.66. The van der Waals surface area contributed by atoms with Crippen molar-refractivity contribution in [1.82, 2.24) is 9.80 Å². The van der Waals surface area contributed by atoms with Crippen LogP contribution in [0.2, 0.25) is 0 Å². The van der Waals surface area contributed by atoms with Gasteiger partial charge in [-0.2, -0.15) is 0 Å². The largest absolute Gasteiger partial charge is 0.341 e. The highest BCUT2D eigenvalue weighted by Gasteiger charge is 2.23. The maximum atomic E-state index is 13.2. The summed E-state index contributed by atoms with van der Waals surface area (Å²) in [5.41, 5.74) is 0.831. The van der Waals surface area contributed by atoms with Gasteiger partial charge in [-0.15, -0.1) is 11.3 Å². The average molecular weight is 360 g/mol. The summed E-state index contributed by atoms with van der Waals surface area (Å²) in [4.78, 5) is 29.3. The summed E-state index contributed by atoms with van der Waals surface area (Å²) in [6.07, 6.45) is 1.68. The Balaban J connectivity index is 1.52. The average Bonchev–Trinajstić information content (AvgIpc) is 3.03. The van der Waals surface area contributed by atoms with Crippen molar-refractivity contribution in [3.63, 3.8) is 0 Å². The zero-order valence-corrected chi connectivity index (χ0v) is 14.8. The lowest BCUT2D eigenvalue weighted by molar-refractivity contribution is -0.131. The zero-order chi connectivity index (χ0) is 17.6. The lowest BCUT2D eigenvalue weighted by Crippen LogP contribution is -2.37. The first-order chi connectivity index (χ1) is 12.1. The van der Waals surface area contributed by atoms with Crippen LogP contribution in [0, 0.1) is 5.82 Å². The van der Waals surface area contributed by atoms with Gasteiger partial charge < -0.3 is 9.80 Å². The molecule has 1 aliphatic heterocycles. The predicted octanol–water partition coefficient (Wildman–Crippen LogP) is 3.19. The van der Waals surface area contributed by atoms with Gasteiger partial charge >= 0.3 is 0 Å². The van der Waals surface area contributed by atoms with Crippen LogP contribution >= 0.6 is 11.3 Å². The number of rotatable bonds is 4. The fourth-order valence-electron chi connectivity index (χ4n) is 3.03. The Morgan fingerprint density at radius 3 is 2.60 bits per heavy atom. The van der Waals surface area contributed by atoms with Crippen molar-refractivity contribution in [1.29, 1.82) is 0 Å². The molecule has 2 amide bonds. The number of hydrogen-bond donors (Lipinski definition) is 0. The van der Waals surface area contributed by atoms with E-state index in [9.17, 15) is 14.0 Å². The number of carbonyl (C=O) groups excluding carboxylic acids is 2. The number of nitrogens with zero attached hydrogens (tertiary/aromatic N) is 2. The Kier molecular flexibility index (Phi) is 5.81. The van der Waals surface area contributed by atoms with E-state index < -0.39 is 0 Å². The van der Waals surface area contributed by atoms with Gasteiger partial charge in [0.15, 0.2) is 0 Å². The quantitative estimate of drug-likeness (QED) is 0.840. The highest BCUT2D eigenvalue weighted by Crippen LogP contribution is 2.15. The third-order valence-electron chi connectivity index (χ3n) is 4.38. The summed E-state index contributed by atoms with van der Waals surface area (Å²) in [5.74, 6) is -0.166. The second-order valence-electron chi connectivity index (χ2n) is 6.13. The van der Waals surface area contributed by atoms with E-state index >= 15 is 0 Å². The highest BCUT2D eigenvalue weighted by molar-refractivity contribution is 7.12. The van der Waals surface area contributed by atoms with Crippen molar-refractivity contribution in [2.45, 2.75) is 19.3 Å². The van der Waals surface area contributed by atoms with E-state index in [4.69, 9.17) is 0 Å². The first-order valence-corrected chi connectivity index (χ1v) is 9.36.